The summed E-state index contributed by atoms with van der Waals surface area (Å²) in [5.74, 6) is 0. The van der Waals surface area contributed by atoms with Crippen molar-refractivity contribution in [3.8, 4) is 11.1 Å². The molecule has 0 saturated heterocycles. The van der Waals surface area contributed by atoms with E-state index in [9.17, 15) is 0 Å². The van der Waals surface area contributed by atoms with Crippen molar-refractivity contribution in [2.24, 2.45) is 0 Å². The van der Waals surface area contributed by atoms with Crippen LogP contribution in [0.2, 0.25) is 0 Å². The molecule has 0 atom stereocenters. The van der Waals surface area contributed by atoms with E-state index in [4.69, 9.17) is 4.52 Å². The fraction of sp³-hybridized carbons (Fsp3) is 0. The van der Waals surface area contributed by atoms with Crippen molar-refractivity contribution < 1.29 is 4.52 Å². The second-order valence-electron chi connectivity index (χ2n) is 2.52. The molecule has 0 aliphatic carbocycles. The SMILES string of the molecule is Brc1ccc(-c2cnoc2Br)cc1. The first-order valence-electron chi connectivity index (χ1n) is 3.63. The molecule has 1 aromatic heterocycles. The molecule has 0 aliphatic heterocycles. The van der Waals surface area contributed by atoms with E-state index in [1.165, 1.54) is 0 Å². The highest BCUT2D eigenvalue weighted by atomic mass is 79.9. The number of benzene rings is 1. The summed E-state index contributed by atoms with van der Waals surface area (Å²) < 4.78 is 6.63. The minimum absolute atomic E-state index is 0.662. The van der Waals surface area contributed by atoms with Crippen LogP contribution in [0.25, 0.3) is 11.1 Å². The Labute approximate surface area is 92.2 Å². The van der Waals surface area contributed by atoms with Crippen LogP contribution < -0.4 is 0 Å². The van der Waals surface area contributed by atoms with Gasteiger partial charge in [0.05, 0.1) is 11.8 Å². The molecule has 0 unspecified atom stereocenters. The number of nitrogens with zero attached hydrogens (tertiary/aromatic N) is 1. The number of halogens is 2. The summed E-state index contributed by atoms with van der Waals surface area (Å²) in [6.07, 6.45) is 1.69. The van der Waals surface area contributed by atoms with Crippen LogP contribution in [-0.2, 0) is 0 Å². The molecule has 0 saturated carbocycles. The second kappa shape index (κ2) is 3.64. The van der Waals surface area contributed by atoms with Crippen molar-refractivity contribution in [2.45, 2.75) is 0 Å². The molecule has 1 heterocycles. The first-order valence-corrected chi connectivity index (χ1v) is 5.22. The summed E-state index contributed by atoms with van der Waals surface area (Å²) in [6, 6.07) is 7.96. The first kappa shape index (κ1) is 8.97. The van der Waals surface area contributed by atoms with E-state index in [1.807, 2.05) is 24.3 Å². The molecule has 2 nitrogen and oxygen atoms in total. The smallest absolute Gasteiger partial charge is 0.209 e. The number of hydrogen-bond donors (Lipinski definition) is 0. The van der Waals surface area contributed by atoms with Crippen molar-refractivity contribution in [3.63, 3.8) is 0 Å². The molecule has 2 aromatic rings. The van der Waals surface area contributed by atoms with E-state index in [1.54, 1.807) is 6.20 Å². The lowest BCUT2D eigenvalue weighted by Gasteiger charge is -1.96. The molecule has 66 valence electrons. The topological polar surface area (TPSA) is 26.0 Å². The second-order valence-corrected chi connectivity index (χ2v) is 4.16. The van der Waals surface area contributed by atoms with Crippen molar-refractivity contribution in [1.29, 1.82) is 0 Å². The molecule has 4 heteroatoms. The van der Waals surface area contributed by atoms with Gasteiger partial charge in [-0.15, -0.1) is 0 Å². The van der Waals surface area contributed by atoms with Crippen LogP contribution in [-0.4, -0.2) is 5.16 Å². The lowest BCUT2D eigenvalue weighted by Crippen LogP contribution is -1.73. The average Bonchev–Trinajstić information content (AvgIpc) is 2.53. The van der Waals surface area contributed by atoms with Gasteiger partial charge in [0.2, 0.25) is 4.67 Å². The first-order chi connectivity index (χ1) is 6.27. The molecule has 0 radical (unpaired) electrons. The van der Waals surface area contributed by atoms with Crippen molar-refractivity contribution in [2.75, 3.05) is 0 Å². The van der Waals surface area contributed by atoms with E-state index in [0.29, 0.717) is 4.67 Å². The molecule has 0 amide bonds. The Morgan fingerprint density at radius 3 is 2.31 bits per heavy atom. The average molecular weight is 303 g/mol. The zero-order chi connectivity index (χ0) is 9.26. The molecule has 0 N–H and O–H groups in total. The molecular formula is C9H5Br2NO. The monoisotopic (exact) mass is 301 g/mol. The zero-order valence-corrected chi connectivity index (χ0v) is 9.67. The molecule has 2 rings (SSSR count). The summed E-state index contributed by atoms with van der Waals surface area (Å²) in [6.45, 7) is 0. The van der Waals surface area contributed by atoms with Gasteiger partial charge in [0.1, 0.15) is 0 Å². The predicted octanol–water partition coefficient (Wildman–Crippen LogP) is 3.87. The number of aromatic nitrogens is 1. The van der Waals surface area contributed by atoms with Gasteiger partial charge in [0.25, 0.3) is 0 Å². The van der Waals surface area contributed by atoms with Crippen molar-refractivity contribution in [1.82, 2.24) is 5.16 Å². The van der Waals surface area contributed by atoms with Crippen LogP contribution in [0, 0.1) is 0 Å². The van der Waals surface area contributed by atoms with E-state index in [2.05, 4.69) is 37.0 Å². The maximum atomic E-state index is 4.90. The molecular weight excluding hydrogens is 298 g/mol. The van der Waals surface area contributed by atoms with Gasteiger partial charge < -0.3 is 4.52 Å². The van der Waals surface area contributed by atoms with Gasteiger partial charge in [0.15, 0.2) is 0 Å². The minimum Gasteiger partial charge on any atom is -0.349 e. The standard InChI is InChI=1S/C9H5Br2NO/c10-7-3-1-6(2-4-7)8-5-12-13-9(8)11/h1-5H. The third-order valence-corrected chi connectivity index (χ3v) is 2.78. The van der Waals surface area contributed by atoms with Gasteiger partial charge >= 0.3 is 0 Å². The van der Waals surface area contributed by atoms with Crippen LogP contribution in [0.15, 0.2) is 44.1 Å². The fourth-order valence-corrected chi connectivity index (χ4v) is 1.72. The van der Waals surface area contributed by atoms with Gasteiger partial charge in [-0.3, -0.25) is 0 Å². The number of hydrogen-bond acceptors (Lipinski definition) is 2. The summed E-state index contributed by atoms with van der Waals surface area (Å²) in [5, 5.41) is 3.69. The van der Waals surface area contributed by atoms with Crippen LogP contribution in [0.4, 0.5) is 0 Å². The highest BCUT2D eigenvalue weighted by Gasteiger charge is 2.06. The molecule has 13 heavy (non-hydrogen) atoms. The van der Waals surface area contributed by atoms with Gasteiger partial charge in [-0.1, -0.05) is 33.2 Å². The van der Waals surface area contributed by atoms with Crippen LogP contribution in [0.1, 0.15) is 0 Å². The van der Waals surface area contributed by atoms with Gasteiger partial charge in [-0.05, 0) is 33.6 Å². The third kappa shape index (κ3) is 1.84. The van der Waals surface area contributed by atoms with Crippen LogP contribution in [0.5, 0.6) is 0 Å². The van der Waals surface area contributed by atoms with E-state index in [0.717, 1.165) is 15.6 Å². The minimum atomic E-state index is 0.662. The Kier molecular flexibility index (Phi) is 2.51. The Balaban J connectivity index is 2.47. The van der Waals surface area contributed by atoms with E-state index in [-0.39, 0.29) is 0 Å². The highest BCUT2D eigenvalue weighted by molar-refractivity contribution is 9.10. The van der Waals surface area contributed by atoms with Crippen LogP contribution >= 0.6 is 31.9 Å². The van der Waals surface area contributed by atoms with Crippen molar-refractivity contribution >= 4 is 31.9 Å². The van der Waals surface area contributed by atoms with Gasteiger partial charge in [-0.2, -0.15) is 0 Å². The summed E-state index contributed by atoms with van der Waals surface area (Å²) >= 11 is 6.66. The van der Waals surface area contributed by atoms with E-state index < -0.39 is 0 Å². The molecule has 0 fully saturated rings. The molecule has 0 aliphatic rings. The third-order valence-electron chi connectivity index (χ3n) is 1.68. The Hall–Kier alpha value is -0.610. The molecule has 0 bridgehead atoms. The summed E-state index contributed by atoms with van der Waals surface area (Å²) in [5.41, 5.74) is 2.05. The predicted molar refractivity (Wildman–Crippen MR) is 57.3 cm³/mol. The molecule has 0 spiro atoms. The highest BCUT2D eigenvalue weighted by Crippen LogP contribution is 2.28. The van der Waals surface area contributed by atoms with Crippen LogP contribution in [0.3, 0.4) is 0 Å². The Morgan fingerprint density at radius 2 is 1.77 bits per heavy atom. The Morgan fingerprint density at radius 1 is 1.08 bits per heavy atom. The maximum Gasteiger partial charge on any atom is 0.209 e. The van der Waals surface area contributed by atoms with Crippen molar-refractivity contribution in [3.05, 3.63) is 39.6 Å². The Bertz CT molecular complexity index is 408. The number of rotatable bonds is 1. The normalized spacial score (nSPS) is 10.3. The lowest BCUT2D eigenvalue weighted by molar-refractivity contribution is 0.400. The van der Waals surface area contributed by atoms with Gasteiger partial charge in [-0.25, -0.2) is 0 Å². The molecule has 1 aromatic carbocycles. The lowest BCUT2D eigenvalue weighted by atomic mass is 10.1. The maximum absolute atomic E-state index is 4.90. The largest absolute Gasteiger partial charge is 0.349 e. The van der Waals surface area contributed by atoms with E-state index >= 15 is 0 Å². The summed E-state index contributed by atoms with van der Waals surface area (Å²) in [7, 11) is 0. The van der Waals surface area contributed by atoms with Gasteiger partial charge in [0, 0.05) is 4.47 Å². The quantitative estimate of drug-likeness (QED) is 0.799. The zero-order valence-electron chi connectivity index (χ0n) is 6.50. The summed E-state index contributed by atoms with van der Waals surface area (Å²) in [4.78, 5) is 0. The fourth-order valence-electron chi connectivity index (χ4n) is 1.04.